The van der Waals surface area contributed by atoms with Gasteiger partial charge in [-0.25, -0.2) is 4.79 Å². The van der Waals surface area contributed by atoms with Gasteiger partial charge >= 0.3 is 6.03 Å². The first-order valence-electron chi connectivity index (χ1n) is 12.2. The second kappa shape index (κ2) is 9.23. The monoisotopic (exact) mass is 484 g/mol. The highest BCUT2D eigenvalue weighted by molar-refractivity contribution is 6.31. The Morgan fingerprint density at radius 3 is 2.56 bits per heavy atom. The Morgan fingerprint density at radius 1 is 1.15 bits per heavy atom. The van der Waals surface area contributed by atoms with Crippen molar-refractivity contribution in [3.63, 3.8) is 0 Å². The number of carbonyl (C=O) groups is 2. The van der Waals surface area contributed by atoms with Crippen molar-refractivity contribution in [1.29, 1.82) is 0 Å². The number of hydrogen-bond acceptors (Lipinski definition) is 4. The van der Waals surface area contributed by atoms with Gasteiger partial charge in [-0.3, -0.25) is 14.4 Å². The molecular formula is C25H33ClN6O2. The minimum atomic E-state index is -0.493. The minimum Gasteiger partial charge on any atom is -0.325 e. The number of rotatable bonds is 6. The van der Waals surface area contributed by atoms with Crippen LogP contribution in [0.3, 0.4) is 0 Å². The Kier molecular flexibility index (Phi) is 6.29. The van der Waals surface area contributed by atoms with Crippen LogP contribution in [0.4, 0.5) is 10.6 Å². The van der Waals surface area contributed by atoms with Gasteiger partial charge in [0.15, 0.2) is 0 Å². The maximum Gasteiger partial charge on any atom is 0.320 e. The van der Waals surface area contributed by atoms with Crippen molar-refractivity contribution in [3.8, 4) is 0 Å². The molecule has 1 aromatic carbocycles. The van der Waals surface area contributed by atoms with Crippen LogP contribution in [0.15, 0.2) is 24.3 Å². The molecule has 9 heteroatoms. The Labute approximate surface area is 205 Å². The number of hydrogen-bond donors (Lipinski definition) is 1. The third-order valence-corrected chi connectivity index (χ3v) is 7.78. The van der Waals surface area contributed by atoms with Crippen LogP contribution in [0.1, 0.15) is 48.4 Å². The number of aryl methyl sites for hydroxylation is 2. The van der Waals surface area contributed by atoms with Crippen LogP contribution in [-0.2, 0) is 18.4 Å². The van der Waals surface area contributed by atoms with E-state index in [-0.39, 0.29) is 18.0 Å². The van der Waals surface area contributed by atoms with E-state index in [1.807, 2.05) is 31.0 Å². The van der Waals surface area contributed by atoms with Gasteiger partial charge in [0.1, 0.15) is 11.9 Å². The molecule has 3 aliphatic rings. The van der Waals surface area contributed by atoms with Gasteiger partial charge in [0.25, 0.3) is 0 Å². The van der Waals surface area contributed by atoms with E-state index in [1.165, 1.54) is 5.56 Å². The molecule has 34 heavy (non-hydrogen) atoms. The van der Waals surface area contributed by atoms with E-state index in [1.54, 1.807) is 16.6 Å². The molecule has 1 unspecified atom stereocenters. The van der Waals surface area contributed by atoms with E-state index in [9.17, 15) is 9.59 Å². The normalized spacial score (nSPS) is 22.0. The zero-order valence-corrected chi connectivity index (χ0v) is 20.9. The van der Waals surface area contributed by atoms with E-state index < -0.39 is 6.04 Å². The smallest absolute Gasteiger partial charge is 0.320 e. The molecule has 3 heterocycles. The minimum absolute atomic E-state index is 0.0596. The first-order chi connectivity index (χ1) is 16.3. The zero-order valence-electron chi connectivity index (χ0n) is 20.1. The molecule has 1 saturated carbocycles. The fourth-order valence-corrected chi connectivity index (χ4v) is 5.31. The van der Waals surface area contributed by atoms with E-state index >= 15 is 0 Å². The summed E-state index contributed by atoms with van der Waals surface area (Å²) in [5.74, 6) is 1.08. The van der Waals surface area contributed by atoms with Crippen LogP contribution in [0, 0.1) is 6.92 Å². The molecule has 1 N–H and O–H groups in total. The lowest BCUT2D eigenvalue weighted by molar-refractivity contribution is -0.120. The van der Waals surface area contributed by atoms with Gasteiger partial charge in [0.2, 0.25) is 5.91 Å². The largest absolute Gasteiger partial charge is 0.325 e. The van der Waals surface area contributed by atoms with Crippen molar-refractivity contribution in [2.75, 3.05) is 32.0 Å². The van der Waals surface area contributed by atoms with Crippen LogP contribution in [-0.4, -0.2) is 75.2 Å². The number of amides is 3. The lowest BCUT2D eigenvalue weighted by atomic mass is 10.0. The molecule has 3 amide bonds. The Hall–Kier alpha value is -2.58. The molecule has 1 atom stereocenters. The summed E-state index contributed by atoms with van der Waals surface area (Å²) >= 11 is 6.16. The van der Waals surface area contributed by atoms with Crippen LogP contribution < -0.4 is 5.32 Å². The first kappa shape index (κ1) is 23.2. The van der Waals surface area contributed by atoms with Gasteiger partial charge in [-0.05, 0) is 49.8 Å². The predicted octanol–water partition coefficient (Wildman–Crippen LogP) is 3.60. The van der Waals surface area contributed by atoms with Crippen LogP contribution in [0.2, 0.25) is 5.02 Å². The zero-order chi connectivity index (χ0) is 24.0. The van der Waals surface area contributed by atoms with Crippen molar-refractivity contribution in [2.45, 2.75) is 57.2 Å². The summed E-state index contributed by atoms with van der Waals surface area (Å²) < 4.78 is 1.73. The Bertz CT molecular complexity index is 1090. The van der Waals surface area contributed by atoms with E-state index in [0.29, 0.717) is 18.3 Å². The summed E-state index contributed by atoms with van der Waals surface area (Å²) in [5, 5.41) is 8.37. The third-order valence-electron chi connectivity index (χ3n) is 7.36. The number of halogens is 1. The van der Waals surface area contributed by atoms with Crippen molar-refractivity contribution in [3.05, 3.63) is 46.1 Å². The molecule has 8 nitrogen and oxygen atoms in total. The summed E-state index contributed by atoms with van der Waals surface area (Å²) in [6.45, 7) is 5.08. The average molecular weight is 485 g/mol. The quantitative estimate of drug-likeness (QED) is 0.680. The second-order valence-corrected chi connectivity index (χ2v) is 10.4. The highest BCUT2D eigenvalue weighted by Gasteiger charge is 2.44. The fraction of sp³-hybridized carbons (Fsp3) is 0.560. The summed E-state index contributed by atoms with van der Waals surface area (Å²) in [5.41, 5.74) is 3.38. The number of likely N-dealkylation sites (tertiary alicyclic amines) is 1. The number of anilines is 1. The molecule has 2 saturated heterocycles. The van der Waals surface area contributed by atoms with Crippen molar-refractivity contribution >= 4 is 29.4 Å². The fourth-order valence-electron chi connectivity index (χ4n) is 5.19. The van der Waals surface area contributed by atoms with Gasteiger partial charge in [-0.2, -0.15) is 5.10 Å². The number of piperidine rings is 1. The summed E-state index contributed by atoms with van der Waals surface area (Å²) in [7, 11) is 3.62. The predicted molar refractivity (Wildman–Crippen MR) is 132 cm³/mol. The van der Waals surface area contributed by atoms with E-state index in [0.717, 1.165) is 61.6 Å². The molecule has 1 aliphatic carbocycles. The summed E-state index contributed by atoms with van der Waals surface area (Å²) in [6.07, 6.45) is 4.04. The SMILES string of the molecule is Cc1cc(CN2CCC(N3C(=O)N(C)CC3C(=O)Nc3cc(C4CC4)nn3C)CC2)ccc1Cl. The maximum absolute atomic E-state index is 13.3. The van der Waals surface area contributed by atoms with E-state index in [2.05, 4.69) is 27.4 Å². The summed E-state index contributed by atoms with van der Waals surface area (Å²) in [6, 6.07) is 7.65. The van der Waals surface area contributed by atoms with Gasteiger partial charge in [-0.1, -0.05) is 23.7 Å². The lowest BCUT2D eigenvalue weighted by Crippen LogP contribution is -2.52. The standard InChI is InChI=1S/C25H33ClN6O2/c1-16-12-17(4-7-20(16)26)14-31-10-8-19(9-11-31)32-22(15-29(2)25(32)34)24(33)27-23-13-21(18-5-6-18)28-30(23)3/h4,7,12-13,18-19,22H,5-6,8-11,14-15H2,1-3H3,(H,27,33). The number of urea groups is 1. The first-order valence-corrected chi connectivity index (χ1v) is 12.5. The van der Waals surface area contributed by atoms with Gasteiger partial charge in [0, 0.05) is 56.8 Å². The third kappa shape index (κ3) is 4.66. The van der Waals surface area contributed by atoms with Crippen LogP contribution >= 0.6 is 11.6 Å². The topological polar surface area (TPSA) is 73.7 Å². The number of benzene rings is 1. The van der Waals surface area contributed by atoms with Gasteiger partial charge < -0.3 is 15.1 Å². The highest BCUT2D eigenvalue weighted by atomic mass is 35.5. The Morgan fingerprint density at radius 2 is 1.88 bits per heavy atom. The summed E-state index contributed by atoms with van der Waals surface area (Å²) in [4.78, 5) is 32.2. The molecule has 3 fully saturated rings. The molecule has 0 spiro atoms. The molecule has 2 aromatic rings. The number of aromatic nitrogens is 2. The highest BCUT2D eigenvalue weighted by Crippen LogP contribution is 2.40. The molecule has 1 aromatic heterocycles. The Balaban J connectivity index is 1.22. The molecule has 0 bridgehead atoms. The number of likely N-dealkylation sites (N-methyl/N-ethyl adjacent to an activating group) is 1. The molecule has 5 rings (SSSR count). The van der Waals surface area contributed by atoms with E-state index in [4.69, 9.17) is 11.6 Å². The second-order valence-electron chi connectivity index (χ2n) is 10.0. The lowest BCUT2D eigenvalue weighted by Gasteiger charge is -2.38. The van der Waals surface area contributed by atoms with Crippen molar-refractivity contribution < 1.29 is 9.59 Å². The number of carbonyl (C=O) groups excluding carboxylic acids is 2. The van der Waals surface area contributed by atoms with Crippen LogP contribution in [0.25, 0.3) is 0 Å². The molecule has 182 valence electrons. The molecule has 2 aliphatic heterocycles. The maximum atomic E-state index is 13.3. The van der Waals surface area contributed by atoms with Crippen LogP contribution in [0.5, 0.6) is 0 Å². The molecular weight excluding hydrogens is 452 g/mol. The average Bonchev–Trinajstić information content (AvgIpc) is 3.54. The van der Waals surface area contributed by atoms with Gasteiger partial charge in [0.05, 0.1) is 12.2 Å². The van der Waals surface area contributed by atoms with Crippen molar-refractivity contribution in [2.24, 2.45) is 7.05 Å². The van der Waals surface area contributed by atoms with Gasteiger partial charge in [-0.15, -0.1) is 0 Å². The number of nitrogens with zero attached hydrogens (tertiary/aromatic N) is 5. The molecule has 0 radical (unpaired) electrons. The number of nitrogens with one attached hydrogen (secondary N) is 1. The van der Waals surface area contributed by atoms with Crippen molar-refractivity contribution in [1.82, 2.24) is 24.5 Å².